The SMILES string of the molecule is C.CCCn1cc(-n2c(Br)c(Sc3cccc(C(=O)O)c3)c3ccc(Cl)cc32)cn1.CCCn1cc(-n2c(Br)c(Sc3cccc(C(=O)OCC)c3)c3ccc(Cl)cc32)cn1.O.[Li+].[OH-]. The average Bonchev–Trinajstić information content (AvgIpc) is 4.00. The van der Waals surface area contributed by atoms with Crippen LogP contribution >= 0.6 is 78.6 Å². The molecule has 4 N–H and O–H groups in total. The molecule has 4 aromatic carbocycles. The minimum atomic E-state index is -0.941. The summed E-state index contributed by atoms with van der Waals surface area (Å²) in [5, 5.41) is 21.6. The summed E-state index contributed by atoms with van der Waals surface area (Å²) in [6.07, 6.45) is 9.75. The van der Waals surface area contributed by atoms with Gasteiger partial charge in [-0.2, -0.15) is 10.2 Å². The molecule has 0 atom stereocenters. The largest absolute Gasteiger partial charge is 1.00 e. The molecule has 0 aliphatic carbocycles. The van der Waals surface area contributed by atoms with Crippen LogP contribution in [0.4, 0.5) is 0 Å². The van der Waals surface area contributed by atoms with Gasteiger partial charge in [0.1, 0.15) is 9.21 Å². The van der Waals surface area contributed by atoms with Crippen LogP contribution in [0.15, 0.2) is 139 Å². The van der Waals surface area contributed by atoms with Gasteiger partial charge in [-0.1, -0.05) is 92.3 Å². The molecule has 0 spiro atoms. The van der Waals surface area contributed by atoms with Crippen molar-refractivity contribution in [2.75, 3.05) is 6.61 Å². The van der Waals surface area contributed by atoms with Crippen molar-refractivity contribution in [3.63, 3.8) is 0 Å². The van der Waals surface area contributed by atoms with Crippen LogP contribution in [0.5, 0.6) is 0 Å². The first-order valence-electron chi connectivity index (χ1n) is 19.0. The summed E-state index contributed by atoms with van der Waals surface area (Å²) in [5.41, 5.74) is 4.63. The number of rotatable bonds is 13. The summed E-state index contributed by atoms with van der Waals surface area (Å²) in [7, 11) is 0. The summed E-state index contributed by atoms with van der Waals surface area (Å²) in [6.45, 7) is 8.10. The van der Waals surface area contributed by atoms with E-state index in [9.17, 15) is 14.7 Å². The quantitative estimate of drug-likeness (QED) is 0.0872. The summed E-state index contributed by atoms with van der Waals surface area (Å²) in [4.78, 5) is 27.3. The number of benzene rings is 4. The predicted octanol–water partition coefficient (Wildman–Crippen LogP) is 10.1. The van der Waals surface area contributed by atoms with Crippen LogP contribution in [0.1, 0.15) is 61.8 Å². The van der Waals surface area contributed by atoms with Crippen molar-refractivity contribution in [3.8, 4) is 11.4 Å². The molecule has 64 heavy (non-hydrogen) atoms. The Labute approximate surface area is 418 Å². The number of carbonyl (C=O) groups is 2. The zero-order valence-electron chi connectivity index (χ0n) is 34.6. The van der Waals surface area contributed by atoms with Gasteiger partial charge in [0.25, 0.3) is 0 Å². The molecule has 0 radical (unpaired) electrons. The maximum atomic E-state index is 12.1. The van der Waals surface area contributed by atoms with Gasteiger partial charge in [-0.05, 0) is 112 Å². The van der Waals surface area contributed by atoms with Crippen LogP contribution < -0.4 is 18.9 Å². The molecule has 12 nitrogen and oxygen atoms in total. The van der Waals surface area contributed by atoms with E-state index in [0.717, 1.165) is 87.9 Å². The molecule has 19 heteroatoms. The van der Waals surface area contributed by atoms with E-state index in [2.05, 4.69) is 65.0 Å². The summed E-state index contributed by atoms with van der Waals surface area (Å²) >= 11 is 23.3. The second kappa shape index (κ2) is 24.6. The van der Waals surface area contributed by atoms with E-state index < -0.39 is 5.97 Å². The molecule has 0 saturated carbocycles. The Balaban J connectivity index is 0.000000321. The van der Waals surface area contributed by atoms with E-state index in [-0.39, 0.29) is 48.8 Å². The molecule has 0 bridgehead atoms. The summed E-state index contributed by atoms with van der Waals surface area (Å²) in [6, 6.07) is 26.0. The van der Waals surface area contributed by atoms with Crippen molar-refractivity contribution in [1.82, 2.24) is 28.7 Å². The van der Waals surface area contributed by atoms with E-state index in [0.29, 0.717) is 22.2 Å². The van der Waals surface area contributed by atoms with Gasteiger partial charge >= 0.3 is 30.8 Å². The number of carboxylic acids is 1. The first kappa shape index (κ1) is 54.4. The third-order valence-corrected chi connectivity index (χ3v) is 13.9. The number of aromatic nitrogens is 6. The summed E-state index contributed by atoms with van der Waals surface area (Å²) in [5.74, 6) is -1.26. The van der Waals surface area contributed by atoms with Gasteiger partial charge in [0.05, 0.1) is 62.3 Å². The molecule has 0 unspecified atom stereocenters. The van der Waals surface area contributed by atoms with E-state index in [1.54, 1.807) is 43.0 Å². The number of carboxylic acid groups (broad SMARTS) is 1. The normalized spacial score (nSPS) is 10.5. The molecule has 0 saturated heterocycles. The van der Waals surface area contributed by atoms with Gasteiger partial charge in [-0.25, -0.2) is 9.59 Å². The number of halogens is 4. The van der Waals surface area contributed by atoms with Crippen molar-refractivity contribution in [2.24, 2.45) is 0 Å². The Kier molecular flexibility index (Phi) is 20.9. The van der Waals surface area contributed by atoms with Crippen molar-refractivity contribution in [2.45, 2.75) is 73.7 Å². The monoisotopic (exact) mass is 1060 g/mol. The number of ether oxygens (including phenoxy) is 1. The maximum Gasteiger partial charge on any atom is 1.00 e. The zero-order valence-corrected chi connectivity index (χ0v) is 40.9. The number of fused-ring (bicyclic) bond motifs is 2. The molecule has 4 heterocycles. The third kappa shape index (κ3) is 12.1. The van der Waals surface area contributed by atoms with E-state index in [1.165, 1.54) is 11.8 Å². The Morgan fingerprint density at radius 3 is 1.56 bits per heavy atom. The molecule has 332 valence electrons. The fraction of sp³-hybridized carbons (Fsp3) is 0.200. The van der Waals surface area contributed by atoms with Gasteiger partial charge in [0, 0.05) is 56.1 Å². The predicted molar refractivity (Wildman–Crippen MR) is 260 cm³/mol. The number of esters is 1. The van der Waals surface area contributed by atoms with Gasteiger partial charge in [0.2, 0.25) is 0 Å². The van der Waals surface area contributed by atoms with Crippen LogP contribution in [0.25, 0.3) is 33.2 Å². The van der Waals surface area contributed by atoms with Crippen molar-refractivity contribution in [3.05, 3.63) is 140 Å². The molecule has 0 aliphatic heterocycles. The minimum Gasteiger partial charge on any atom is -0.870 e. The van der Waals surface area contributed by atoms with E-state index in [4.69, 9.17) is 27.9 Å². The second-order valence-corrected chi connectivity index (χ2v) is 18.0. The first-order chi connectivity index (χ1) is 29.0. The number of aryl methyl sites for hydroxylation is 2. The standard InChI is InChI=1S/C23H21BrClN3O2S.C21H17BrClN3O2S.CH4.Li.2H2O/c1-3-10-27-14-17(13-26-27)28-20-12-16(25)8-9-19(20)21(22(28)24)31-18-7-5-6-15(11-18)23(29)30-4-2;1-2-8-25-12-15(11-24-25)26-18-10-14(23)6-7-17(18)19(20(26)22)29-16-5-3-4-13(9-16)21(27)28;;;;/h5-9,11-14H,3-4,10H2,1-2H3;3-7,9-12H,2,8H2,1H3,(H,27,28);1H4;;2*1H2/q;;;+1;;/p-1. The fourth-order valence-corrected chi connectivity index (χ4v) is 10.7. The number of hydrogen-bond donors (Lipinski definition) is 1. The van der Waals surface area contributed by atoms with Crippen molar-refractivity contribution >= 4 is 112 Å². The van der Waals surface area contributed by atoms with Gasteiger partial charge in [0.15, 0.2) is 0 Å². The first-order valence-corrected chi connectivity index (χ1v) is 23.0. The molecular weight excluding hydrogens is 1020 g/mol. The summed E-state index contributed by atoms with van der Waals surface area (Å²) < 4.78 is 15.0. The topological polar surface area (TPSA) is 171 Å². The minimum absolute atomic E-state index is 0. The maximum absolute atomic E-state index is 12.1. The fourth-order valence-electron chi connectivity index (χ4n) is 6.57. The van der Waals surface area contributed by atoms with Crippen LogP contribution in [0.3, 0.4) is 0 Å². The third-order valence-electron chi connectivity index (χ3n) is 9.19. The average molecular weight is 1070 g/mol. The van der Waals surface area contributed by atoms with E-state index in [1.807, 2.05) is 94.8 Å². The molecule has 8 rings (SSSR count). The Morgan fingerprint density at radius 2 is 1.14 bits per heavy atom. The Bertz CT molecular complexity index is 2870. The molecular formula is C45H45Br2Cl2LiN6O6S2. The molecule has 8 aromatic rings. The molecule has 0 amide bonds. The van der Waals surface area contributed by atoms with E-state index >= 15 is 0 Å². The van der Waals surface area contributed by atoms with Gasteiger partial charge < -0.3 is 20.8 Å². The second-order valence-electron chi connectivity index (χ2n) is 13.4. The smallest absolute Gasteiger partial charge is 0.870 e. The van der Waals surface area contributed by atoms with Crippen LogP contribution in [0.2, 0.25) is 10.0 Å². The molecule has 4 aromatic heterocycles. The Hall–Kier alpha value is -3.92. The number of carbonyl (C=O) groups excluding carboxylic acids is 1. The Morgan fingerprint density at radius 1 is 0.703 bits per heavy atom. The molecule has 0 aliphatic rings. The number of nitrogens with zero attached hydrogens (tertiary/aromatic N) is 6. The zero-order chi connectivity index (χ0) is 42.5. The molecule has 0 fully saturated rings. The van der Waals surface area contributed by atoms with Gasteiger partial charge in [-0.15, -0.1) is 0 Å². The number of aromatic carboxylic acids is 1. The van der Waals surface area contributed by atoms with Crippen LogP contribution in [-0.4, -0.2) is 63.3 Å². The van der Waals surface area contributed by atoms with Crippen molar-refractivity contribution in [1.29, 1.82) is 0 Å². The van der Waals surface area contributed by atoms with Crippen molar-refractivity contribution < 1.29 is 49.2 Å². The van der Waals surface area contributed by atoms with Crippen LogP contribution in [0, 0.1) is 0 Å². The van der Waals surface area contributed by atoms with Crippen LogP contribution in [-0.2, 0) is 17.8 Å². The van der Waals surface area contributed by atoms with Gasteiger partial charge in [-0.3, -0.25) is 18.5 Å². The number of hydrogen-bond acceptors (Lipinski definition) is 8.